The zero-order valence-corrected chi connectivity index (χ0v) is 8.11. The fourth-order valence-corrected chi connectivity index (χ4v) is 0.842. The van der Waals surface area contributed by atoms with Crippen LogP contribution in [0.4, 0.5) is 0 Å². The maximum Gasteiger partial charge on any atom is 0.354 e. The molecular formula is C11H11NO2. The van der Waals surface area contributed by atoms with Crippen LogP contribution in [0.2, 0.25) is 0 Å². The third-order valence-corrected chi connectivity index (χ3v) is 1.46. The average Bonchev–Trinajstić information content (AvgIpc) is 2.15. The second-order valence-electron chi connectivity index (χ2n) is 3.14. The summed E-state index contributed by atoms with van der Waals surface area (Å²) in [5, 5.41) is 8.68. The van der Waals surface area contributed by atoms with E-state index in [1.165, 1.54) is 6.07 Å². The van der Waals surface area contributed by atoms with Crippen LogP contribution in [-0.4, -0.2) is 16.1 Å². The fraction of sp³-hybridized carbons (Fsp3) is 0.273. The van der Waals surface area contributed by atoms with Crippen molar-refractivity contribution in [3.63, 3.8) is 0 Å². The van der Waals surface area contributed by atoms with Crippen molar-refractivity contribution in [2.24, 2.45) is 5.92 Å². The molecule has 72 valence electrons. The van der Waals surface area contributed by atoms with Crippen LogP contribution in [0.5, 0.6) is 0 Å². The second kappa shape index (κ2) is 4.43. The van der Waals surface area contributed by atoms with E-state index in [2.05, 4.69) is 16.8 Å². The molecule has 0 aromatic carbocycles. The van der Waals surface area contributed by atoms with Gasteiger partial charge in [0.1, 0.15) is 11.4 Å². The van der Waals surface area contributed by atoms with E-state index in [0.29, 0.717) is 5.69 Å². The summed E-state index contributed by atoms with van der Waals surface area (Å²) >= 11 is 0. The minimum atomic E-state index is -1.03. The maximum atomic E-state index is 10.6. The van der Waals surface area contributed by atoms with Crippen molar-refractivity contribution in [2.45, 2.75) is 13.8 Å². The van der Waals surface area contributed by atoms with Crippen molar-refractivity contribution in [3.05, 3.63) is 29.6 Å². The number of aromatic nitrogens is 1. The number of aromatic carboxylic acids is 1. The van der Waals surface area contributed by atoms with Crippen molar-refractivity contribution < 1.29 is 9.90 Å². The van der Waals surface area contributed by atoms with Gasteiger partial charge in [0.2, 0.25) is 0 Å². The van der Waals surface area contributed by atoms with Gasteiger partial charge in [0, 0.05) is 5.92 Å². The Morgan fingerprint density at radius 1 is 1.50 bits per heavy atom. The van der Waals surface area contributed by atoms with E-state index in [9.17, 15) is 4.79 Å². The third-order valence-electron chi connectivity index (χ3n) is 1.46. The lowest BCUT2D eigenvalue weighted by Gasteiger charge is -1.94. The summed E-state index contributed by atoms with van der Waals surface area (Å²) in [5.74, 6) is 4.96. The third kappa shape index (κ3) is 2.91. The lowest BCUT2D eigenvalue weighted by molar-refractivity contribution is 0.0690. The van der Waals surface area contributed by atoms with E-state index < -0.39 is 5.97 Å². The summed E-state index contributed by atoms with van der Waals surface area (Å²) in [5.41, 5.74) is 0.527. The summed E-state index contributed by atoms with van der Waals surface area (Å²) in [6.45, 7) is 3.93. The van der Waals surface area contributed by atoms with Gasteiger partial charge in [0.25, 0.3) is 0 Å². The predicted molar refractivity (Wildman–Crippen MR) is 52.9 cm³/mol. The predicted octanol–water partition coefficient (Wildman–Crippen LogP) is 1.79. The molecule has 1 aromatic rings. The normalized spacial score (nSPS) is 9.36. The van der Waals surface area contributed by atoms with Crippen LogP contribution in [0.3, 0.4) is 0 Å². The first-order valence-corrected chi connectivity index (χ1v) is 4.31. The molecule has 0 aliphatic rings. The Hall–Kier alpha value is -1.82. The number of hydrogen-bond acceptors (Lipinski definition) is 2. The van der Waals surface area contributed by atoms with Crippen molar-refractivity contribution in [2.75, 3.05) is 0 Å². The summed E-state index contributed by atoms with van der Waals surface area (Å²) in [6.07, 6.45) is 0. The Bertz CT molecular complexity index is 399. The molecule has 0 unspecified atom stereocenters. The van der Waals surface area contributed by atoms with Gasteiger partial charge >= 0.3 is 5.97 Å². The molecule has 1 rings (SSSR count). The SMILES string of the molecule is CC(C)C#Cc1cccc(C(=O)O)n1. The molecule has 3 nitrogen and oxygen atoms in total. The zero-order chi connectivity index (χ0) is 10.6. The van der Waals surface area contributed by atoms with Crippen molar-refractivity contribution >= 4 is 5.97 Å². The summed E-state index contributed by atoms with van der Waals surface area (Å²) in [7, 11) is 0. The van der Waals surface area contributed by atoms with Gasteiger partial charge in [-0.2, -0.15) is 0 Å². The van der Waals surface area contributed by atoms with Gasteiger partial charge in [-0.05, 0) is 18.1 Å². The Morgan fingerprint density at radius 2 is 2.21 bits per heavy atom. The molecule has 0 radical (unpaired) electrons. The number of carbonyl (C=O) groups is 1. The largest absolute Gasteiger partial charge is 0.477 e. The first kappa shape index (κ1) is 10.3. The molecule has 0 aliphatic heterocycles. The number of hydrogen-bond donors (Lipinski definition) is 1. The van der Waals surface area contributed by atoms with Crippen LogP contribution in [0.1, 0.15) is 30.0 Å². The Kier molecular flexibility index (Phi) is 3.24. The highest BCUT2D eigenvalue weighted by Crippen LogP contribution is 1.98. The van der Waals surface area contributed by atoms with E-state index in [1.807, 2.05) is 13.8 Å². The number of carboxylic acids is 1. The lowest BCUT2D eigenvalue weighted by atomic mass is 10.2. The van der Waals surface area contributed by atoms with Crippen LogP contribution < -0.4 is 0 Å². The smallest absolute Gasteiger partial charge is 0.354 e. The monoisotopic (exact) mass is 189 g/mol. The zero-order valence-electron chi connectivity index (χ0n) is 8.11. The Labute approximate surface area is 82.8 Å². The molecule has 0 atom stereocenters. The highest BCUT2D eigenvalue weighted by Gasteiger charge is 2.02. The van der Waals surface area contributed by atoms with E-state index in [4.69, 9.17) is 5.11 Å². The van der Waals surface area contributed by atoms with Gasteiger partial charge < -0.3 is 5.11 Å². The highest BCUT2D eigenvalue weighted by atomic mass is 16.4. The van der Waals surface area contributed by atoms with Gasteiger partial charge in [0.15, 0.2) is 0 Å². The average molecular weight is 189 g/mol. The van der Waals surface area contributed by atoms with E-state index in [0.717, 1.165) is 0 Å². The molecule has 0 bridgehead atoms. The summed E-state index contributed by atoms with van der Waals surface area (Å²) < 4.78 is 0. The molecule has 14 heavy (non-hydrogen) atoms. The maximum absolute atomic E-state index is 10.6. The number of pyridine rings is 1. The first-order valence-electron chi connectivity index (χ1n) is 4.31. The number of carboxylic acid groups (broad SMARTS) is 1. The minimum Gasteiger partial charge on any atom is -0.477 e. The van der Waals surface area contributed by atoms with Crippen LogP contribution in [0, 0.1) is 17.8 Å². The lowest BCUT2D eigenvalue weighted by Crippen LogP contribution is -2.00. The molecule has 0 fully saturated rings. The number of nitrogens with zero attached hydrogens (tertiary/aromatic N) is 1. The highest BCUT2D eigenvalue weighted by molar-refractivity contribution is 5.85. The van der Waals surface area contributed by atoms with Gasteiger partial charge in [-0.25, -0.2) is 9.78 Å². The molecule has 1 heterocycles. The molecule has 0 saturated carbocycles. The van der Waals surface area contributed by atoms with Crippen LogP contribution in [0.25, 0.3) is 0 Å². The van der Waals surface area contributed by atoms with Crippen molar-refractivity contribution in [1.29, 1.82) is 0 Å². The quantitative estimate of drug-likeness (QED) is 0.685. The van der Waals surface area contributed by atoms with Gasteiger partial charge in [0.05, 0.1) is 0 Å². The molecular weight excluding hydrogens is 178 g/mol. The first-order chi connectivity index (χ1) is 6.59. The minimum absolute atomic E-state index is 0.0283. The summed E-state index contributed by atoms with van der Waals surface area (Å²) in [6, 6.07) is 4.78. The molecule has 0 amide bonds. The Morgan fingerprint density at radius 3 is 2.79 bits per heavy atom. The molecule has 1 N–H and O–H groups in total. The Balaban J connectivity index is 2.96. The van der Waals surface area contributed by atoms with E-state index in [1.54, 1.807) is 12.1 Å². The van der Waals surface area contributed by atoms with Crippen LogP contribution >= 0.6 is 0 Å². The summed E-state index contributed by atoms with van der Waals surface area (Å²) in [4.78, 5) is 14.5. The standard InChI is InChI=1S/C11H11NO2/c1-8(2)6-7-9-4-3-5-10(12-9)11(13)14/h3-5,8H,1-2H3,(H,13,14). The molecule has 1 aromatic heterocycles. The van der Waals surface area contributed by atoms with Gasteiger partial charge in [-0.15, -0.1) is 0 Å². The fourth-order valence-electron chi connectivity index (χ4n) is 0.842. The molecule has 3 heteroatoms. The van der Waals surface area contributed by atoms with Crippen LogP contribution in [0.15, 0.2) is 18.2 Å². The topological polar surface area (TPSA) is 50.2 Å². The van der Waals surface area contributed by atoms with Crippen LogP contribution in [-0.2, 0) is 0 Å². The molecule has 0 saturated heterocycles. The second-order valence-corrected chi connectivity index (χ2v) is 3.14. The van der Waals surface area contributed by atoms with Crippen molar-refractivity contribution in [3.8, 4) is 11.8 Å². The molecule has 0 aliphatic carbocycles. The van der Waals surface area contributed by atoms with Gasteiger partial charge in [-0.3, -0.25) is 0 Å². The number of rotatable bonds is 1. The molecule has 0 spiro atoms. The van der Waals surface area contributed by atoms with Gasteiger partial charge in [-0.1, -0.05) is 25.8 Å². The van der Waals surface area contributed by atoms with E-state index >= 15 is 0 Å². The van der Waals surface area contributed by atoms with Crippen molar-refractivity contribution in [1.82, 2.24) is 4.98 Å². The van der Waals surface area contributed by atoms with E-state index in [-0.39, 0.29) is 11.6 Å².